The Bertz CT molecular complexity index is 1140. The van der Waals surface area contributed by atoms with Crippen molar-refractivity contribution < 1.29 is 106 Å². The fourth-order valence-electron chi connectivity index (χ4n) is 6.69. The van der Waals surface area contributed by atoms with Gasteiger partial charge in [-0.05, 0) is 67.2 Å². The van der Waals surface area contributed by atoms with Crippen LogP contribution in [0.4, 0.5) is 0 Å². The molecule has 0 aromatic rings. The summed E-state index contributed by atoms with van der Waals surface area (Å²) in [5.74, 6) is -2.03. The van der Waals surface area contributed by atoms with Crippen LogP contribution in [-0.2, 0) is 121 Å². The van der Waals surface area contributed by atoms with Crippen LogP contribution in [0.5, 0.6) is 0 Å². The van der Waals surface area contributed by atoms with Gasteiger partial charge in [0.15, 0.2) is 0 Å². The fraction of sp³-hybridized carbons (Fsp3) is 0.732. The van der Waals surface area contributed by atoms with Gasteiger partial charge in [-0.15, -0.1) is 10.5 Å². The molecule has 2 saturated carbocycles. The maximum Gasteiger partial charge on any atom is 5.00 e. The van der Waals surface area contributed by atoms with Crippen molar-refractivity contribution in [3.8, 4) is 0 Å². The van der Waals surface area contributed by atoms with Crippen molar-refractivity contribution in [1.82, 2.24) is 0 Å². The summed E-state index contributed by atoms with van der Waals surface area (Å²) in [6, 6.07) is 0. The molecule has 0 aromatic carbocycles. The number of esters is 4. The number of carbonyl (C=O) groups is 4. The monoisotopic (exact) mass is 1130 g/mol. The Morgan fingerprint density at radius 1 is 0.565 bits per heavy atom. The van der Waals surface area contributed by atoms with E-state index in [1.807, 2.05) is 28.2 Å². The number of quaternary nitrogens is 2. The third-order valence-corrected chi connectivity index (χ3v) is 11.9. The topological polar surface area (TPSA) is 199 Å². The van der Waals surface area contributed by atoms with E-state index in [-0.39, 0.29) is 86.9 Å². The van der Waals surface area contributed by atoms with Gasteiger partial charge in [0.1, 0.15) is 35.0 Å². The predicted molar refractivity (Wildman–Crippen MR) is 243 cm³/mol. The zero-order chi connectivity index (χ0) is 46.8. The van der Waals surface area contributed by atoms with Gasteiger partial charge in [-0.25, -0.2) is 0 Å². The molecule has 62 heavy (non-hydrogen) atoms. The van der Waals surface area contributed by atoms with Crippen molar-refractivity contribution in [2.75, 3.05) is 54.5 Å². The Hall–Kier alpha value is -1.15. The van der Waals surface area contributed by atoms with Gasteiger partial charge in [0.05, 0.1) is 51.2 Å². The summed E-state index contributed by atoms with van der Waals surface area (Å²) >= 11 is 18.9. The molecular formula is C41H69Br2Fe2N2O13S2+2. The first kappa shape index (κ1) is 78.0. The van der Waals surface area contributed by atoms with Crippen molar-refractivity contribution in [1.29, 1.82) is 0 Å². The van der Waals surface area contributed by atoms with Crippen molar-refractivity contribution in [2.24, 2.45) is 22.7 Å². The number of ether oxygens (including phenoxy) is 4. The number of alkyl halides is 2. The number of fused-ring (bicyclic) bond motifs is 1. The Morgan fingerprint density at radius 3 is 1.03 bits per heavy atom. The van der Waals surface area contributed by atoms with Crippen LogP contribution in [0.25, 0.3) is 0 Å². The molecule has 0 bridgehead atoms. The van der Waals surface area contributed by atoms with E-state index in [4.69, 9.17) is 68.2 Å². The van der Waals surface area contributed by atoms with Crippen LogP contribution in [0.15, 0.2) is 0 Å². The summed E-state index contributed by atoms with van der Waals surface area (Å²) in [4.78, 5) is 94.3. The number of likely N-dealkylation sites (N-methyl/N-ethyl adjacent to an activating group) is 2. The first-order chi connectivity index (χ1) is 26.9. The molecule has 2 aliphatic rings. The minimum atomic E-state index is -1.09. The SMILES string of the molecule is C[NH+](C)CCOC(=O)C(C)(Br)CC(C)(C)C(=O)OC1C2CCCCC2C(OC(=O)C(C)(C)CC(C)(Br)C(=O)OCC[NH+](C)C)[C@@H]([S-])[C@@H]1[S-].[CH-]=O.[CH-]=O.[CH-]=O.[CH-]=O.[CH-]=O.[CH3-].[CH3-].[Fe+4].[Fe+5]. The fourth-order valence-corrected chi connectivity index (χ4v) is 9.14. The smallest absolute Gasteiger partial charge is 0.787 e. The van der Waals surface area contributed by atoms with Gasteiger partial charge in [0, 0.05) is 11.8 Å². The third-order valence-electron chi connectivity index (χ3n) is 9.35. The zero-order valence-corrected chi connectivity index (χ0v) is 45.0. The summed E-state index contributed by atoms with van der Waals surface area (Å²) in [6.45, 7) is 28.5. The van der Waals surface area contributed by atoms with E-state index in [9.17, 15) is 19.2 Å². The largest absolute Gasteiger partial charge is 5.00 e. The van der Waals surface area contributed by atoms with E-state index < -0.39 is 66.1 Å². The molecule has 2 N–H and O–H groups in total. The third kappa shape index (κ3) is 26.7. The van der Waals surface area contributed by atoms with Crippen LogP contribution in [0.1, 0.15) is 80.1 Å². The molecule has 0 aromatic heterocycles. The van der Waals surface area contributed by atoms with Crippen LogP contribution in [0.2, 0.25) is 0 Å². The minimum Gasteiger partial charge on any atom is -0.787 e. The maximum absolute atomic E-state index is 13.7. The second kappa shape index (κ2) is 39.1. The molecule has 8 atom stereocenters. The number of halogens is 2. The quantitative estimate of drug-likeness (QED) is 0.0429. The molecule has 1 radical (unpaired) electrons. The standard InChI is InChI=1S/C34H58Br2N2O8S2.5CHO.2CH3.2Fe/c1-31(2,19-33(5,35)29(41)43-17-15-37(7)8)27(39)45-23-21-13-11-12-14-22(21)24(26(48)25(23)47)46-28(40)32(3,4)20-34(6,36)30(42)44-18-16-38(9)10;5*1-2;;;;/h21-26,47-48H,11-20H2,1-10H3;5*1H;2*1H3;;/q;7*-1;+4;+5/t21?,22?,23?,24?,25-,26-,33?,34?;;;;;;;;;/m1........./s1. The molecule has 0 aliphatic heterocycles. The Balaban J connectivity index is -0.000000322. The van der Waals surface area contributed by atoms with Crippen molar-refractivity contribution in [3.63, 3.8) is 0 Å². The molecular weight excluding hydrogens is 1060 g/mol. The van der Waals surface area contributed by atoms with Gasteiger partial charge < -0.3 is 92.8 Å². The second-order valence-corrected chi connectivity index (χ2v) is 20.6. The van der Waals surface area contributed by atoms with Crippen LogP contribution < -0.4 is 9.80 Å². The van der Waals surface area contributed by atoms with Crippen LogP contribution in [0.3, 0.4) is 0 Å². The normalized spacial score (nSPS) is 21.5. The number of hydrogen-bond donors (Lipinski definition) is 2. The van der Waals surface area contributed by atoms with Crippen LogP contribution >= 0.6 is 31.9 Å². The molecule has 15 nitrogen and oxygen atoms in total. The summed E-state index contributed by atoms with van der Waals surface area (Å²) in [5.41, 5.74) is -2.07. The maximum atomic E-state index is 13.7. The first-order valence-corrected chi connectivity index (χ1v) is 20.7. The van der Waals surface area contributed by atoms with Crippen molar-refractivity contribution >= 4 is 115 Å². The Kier molecular flexibility index (Phi) is 49.2. The molecule has 0 saturated heterocycles. The average Bonchev–Trinajstić information content (AvgIpc) is 3.17. The van der Waals surface area contributed by atoms with E-state index in [1.54, 1.807) is 41.5 Å². The van der Waals surface area contributed by atoms with E-state index in [0.717, 1.165) is 35.5 Å². The average molecular weight is 1130 g/mol. The molecule has 0 amide bonds. The van der Waals surface area contributed by atoms with Crippen LogP contribution in [-0.4, -0.2) is 144 Å². The van der Waals surface area contributed by atoms with Gasteiger partial charge in [-0.1, -0.05) is 44.7 Å². The second-order valence-electron chi connectivity index (χ2n) is 16.0. The van der Waals surface area contributed by atoms with E-state index in [2.05, 4.69) is 65.8 Å². The summed E-state index contributed by atoms with van der Waals surface area (Å²) < 4.78 is 21.2. The van der Waals surface area contributed by atoms with E-state index in [1.165, 1.54) is 0 Å². The summed E-state index contributed by atoms with van der Waals surface area (Å²) in [6.07, 6.45) is 2.48. The predicted octanol–water partition coefficient (Wildman–Crippen LogP) is 1.50. The first-order valence-electron chi connectivity index (χ1n) is 18.1. The van der Waals surface area contributed by atoms with Gasteiger partial charge in [-0.3, -0.25) is 53.1 Å². The minimum absolute atomic E-state index is 0. The molecule has 21 heteroatoms. The molecule has 2 fully saturated rings. The number of nitrogens with one attached hydrogen (secondary N) is 2. The number of carbonyl (C=O) groups excluding carboxylic acids is 9. The summed E-state index contributed by atoms with van der Waals surface area (Å²) in [5, 5.41) is -1.33. The zero-order valence-electron chi connectivity index (χ0n) is 38.0. The van der Waals surface area contributed by atoms with Gasteiger partial charge in [0.2, 0.25) is 0 Å². The molecule has 0 spiro atoms. The molecule has 6 unspecified atom stereocenters. The van der Waals surface area contributed by atoms with Crippen molar-refractivity contribution in [2.45, 2.75) is 111 Å². The van der Waals surface area contributed by atoms with Crippen LogP contribution in [0, 0.1) is 37.5 Å². The number of rotatable bonds is 16. The summed E-state index contributed by atoms with van der Waals surface area (Å²) in [7, 11) is 7.91. The molecule has 0 heterocycles. The molecule has 361 valence electrons. The molecule has 2 aliphatic carbocycles. The van der Waals surface area contributed by atoms with Gasteiger partial charge in [0.25, 0.3) is 0 Å². The van der Waals surface area contributed by atoms with E-state index >= 15 is 0 Å². The Labute approximate surface area is 421 Å². The number of hydrogen-bond acceptors (Lipinski definition) is 15. The molecule has 2 rings (SSSR count). The van der Waals surface area contributed by atoms with E-state index in [0.29, 0.717) is 13.1 Å². The Morgan fingerprint density at radius 2 is 0.806 bits per heavy atom. The van der Waals surface area contributed by atoms with Gasteiger partial charge >= 0.3 is 58.0 Å². The van der Waals surface area contributed by atoms with Gasteiger partial charge in [-0.2, -0.15) is 0 Å². The van der Waals surface area contributed by atoms with Crippen molar-refractivity contribution in [3.05, 3.63) is 14.9 Å².